The maximum absolute atomic E-state index is 13.1. The van der Waals surface area contributed by atoms with E-state index in [0.717, 1.165) is 16.0 Å². The first-order chi connectivity index (χ1) is 11.7. The molecule has 0 spiro atoms. The molecule has 0 aromatic heterocycles. The Balaban J connectivity index is 1.73. The van der Waals surface area contributed by atoms with Gasteiger partial charge in [0, 0.05) is 23.3 Å². The summed E-state index contributed by atoms with van der Waals surface area (Å²) in [4.78, 5) is 1.10. The van der Waals surface area contributed by atoms with Crippen molar-refractivity contribution in [1.82, 2.24) is 4.31 Å². The first-order valence-corrected chi connectivity index (χ1v) is 8.47. The maximum atomic E-state index is 13.1. The minimum atomic E-state index is -0.280. The number of benzene rings is 2. The van der Waals surface area contributed by atoms with E-state index >= 15 is 0 Å². The monoisotopic (exact) mass is 346 g/mol. The number of anilines is 1. The Morgan fingerprint density at radius 2 is 2.08 bits per heavy atom. The van der Waals surface area contributed by atoms with Crippen molar-refractivity contribution >= 4 is 23.7 Å². The van der Waals surface area contributed by atoms with E-state index in [1.165, 1.54) is 12.1 Å². The van der Waals surface area contributed by atoms with Crippen molar-refractivity contribution < 1.29 is 14.6 Å². The van der Waals surface area contributed by atoms with Gasteiger partial charge in [-0.15, -0.1) is 0 Å². The van der Waals surface area contributed by atoms with E-state index < -0.39 is 0 Å². The van der Waals surface area contributed by atoms with Gasteiger partial charge in [0.2, 0.25) is 0 Å². The van der Waals surface area contributed by atoms with Crippen molar-refractivity contribution in [3.05, 3.63) is 65.6 Å². The van der Waals surface area contributed by atoms with Crippen LogP contribution in [0.3, 0.4) is 0 Å². The molecule has 1 heterocycles. The minimum Gasteiger partial charge on any atom is -0.395 e. The molecule has 4 nitrogen and oxygen atoms in total. The van der Waals surface area contributed by atoms with Crippen LogP contribution in [0.5, 0.6) is 0 Å². The smallest absolute Gasteiger partial charge is 0.125 e. The van der Waals surface area contributed by atoms with Gasteiger partial charge in [-0.2, -0.15) is 0 Å². The van der Waals surface area contributed by atoms with Crippen LogP contribution in [0.15, 0.2) is 53.6 Å². The second-order valence-corrected chi connectivity index (χ2v) is 6.53. The summed E-state index contributed by atoms with van der Waals surface area (Å²) in [6.07, 6.45) is 3.66. The predicted molar refractivity (Wildman–Crippen MR) is 95.0 cm³/mol. The van der Waals surface area contributed by atoms with Crippen LogP contribution >= 0.6 is 11.9 Å². The average Bonchev–Trinajstić information content (AvgIpc) is 2.92. The zero-order chi connectivity index (χ0) is 16.9. The fraction of sp³-hybridized carbons (Fsp3) is 0.222. The number of rotatable bonds is 6. The fourth-order valence-corrected chi connectivity index (χ4v) is 3.82. The molecule has 0 fully saturated rings. The molecule has 1 atom stereocenters. The van der Waals surface area contributed by atoms with E-state index in [2.05, 4.69) is 5.32 Å². The Morgan fingerprint density at radius 1 is 1.21 bits per heavy atom. The van der Waals surface area contributed by atoms with Crippen LogP contribution in [-0.4, -0.2) is 34.3 Å². The summed E-state index contributed by atoms with van der Waals surface area (Å²) < 4.78 is 15.1. The lowest BCUT2D eigenvalue weighted by molar-refractivity contribution is 0.178. The van der Waals surface area contributed by atoms with Crippen molar-refractivity contribution in [3.63, 3.8) is 0 Å². The third-order valence-corrected chi connectivity index (χ3v) is 5.04. The lowest BCUT2D eigenvalue weighted by atomic mass is 10.0. The van der Waals surface area contributed by atoms with E-state index in [1.54, 1.807) is 30.3 Å². The van der Waals surface area contributed by atoms with Crippen LogP contribution in [0.2, 0.25) is 0 Å². The fourth-order valence-electron chi connectivity index (χ4n) is 2.66. The summed E-state index contributed by atoms with van der Waals surface area (Å²) in [6.45, 7) is 0.577. The van der Waals surface area contributed by atoms with Gasteiger partial charge in [-0.1, -0.05) is 12.1 Å². The minimum absolute atomic E-state index is 0.00864. The van der Waals surface area contributed by atoms with Crippen molar-refractivity contribution in [2.45, 2.75) is 10.9 Å². The Kier molecular flexibility index (Phi) is 5.52. The molecule has 0 saturated heterocycles. The van der Waals surface area contributed by atoms with Crippen molar-refractivity contribution in [1.29, 1.82) is 0 Å². The zero-order valence-electron chi connectivity index (χ0n) is 13.0. The highest BCUT2D eigenvalue weighted by Gasteiger charge is 2.30. The molecule has 0 bridgehead atoms. The number of aliphatic hydroxyl groups is 2. The molecule has 2 aromatic carbocycles. The summed E-state index contributed by atoms with van der Waals surface area (Å²) in [6, 6.07) is 12.2. The van der Waals surface area contributed by atoms with Gasteiger partial charge < -0.3 is 15.5 Å². The Bertz CT molecular complexity index is 739. The number of fused-ring (bicyclic) bond motifs is 1. The molecule has 1 aliphatic heterocycles. The third kappa shape index (κ3) is 3.79. The van der Waals surface area contributed by atoms with Crippen molar-refractivity contribution in [3.8, 4) is 0 Å². The molecular weight excluding hydrogens is 327 g/mol. The third-order valence-electron chi connectivity index (χ3n) is 3.80. The van der Waals surface area contributed by atoms with Crippen LogP contribution in [0.1, 0.15) is 17.2 Å². The maximum Gasteiger partial charge on any atom is 0.125 e. The van der Waals surface area contributed by atoms with Crippen molar-refractivity contribution in [2.75, 3.05) is 25.1 Å². The highest BCUT2D eigenvalue weighted by atomic mass is 32.2. The Hall–Kier alpha value is -1.86. The molecule has 6 heteroatoms. The molecule has 126 valence electrons. The summed E-state index contributed by atoms with van der Waals surface area (Å²) >= 11 is 1.56. The molecule has 24 heavy (non-hydrogen) atoms. The number of nitrogens with one attached hydrogen (secondary N) is 1. The Labute approximate surface area is 144 Å². The van der Waals surface area contributed by atoms with Crippen LogP contribution in [0.4, 0.5) is 10.1 Å². The highest BCUT2D eigenvalue weighted by molar-refractivity contribution is 7.97. The number of β-amino-alcohol motifs (C(OH)–C–C–N with tert-alkyl or cyclic N) is 1. The van der Waals surface area contributed by atoms with Crippen LogP contribution in [0, 0.1) is 5.82 Å². The number of hydrogen-bond acceptors (Lipinski definition) is 5. The van der Waals surface area contributed by atoms with E-state index in [9.17, 15) is 9.50 Å². The zero-order valence-corrected chi connectivity index (χ0v) is 13.8. The molecule has 3 N–H and O–H groups in total. The number of nitrogens with zero attached hydrogens (tertiary/aromatic N) is 1. The molecule has 3 rings (SSSR count). The van der Waals surface area contributed by atoms with E-state index in [4.69, 9.17) is 5.11 Å². The van der Waals surface area contributed by atoms with Gasteiger partial charge in [-0.25, -0.2) is 8.70 Å². The summed E-state index contributed by atoms with van der Waals surface area (Å²) in [5, 5.41) is 21.8. The van der Waals surface area contributed by atoms with Gasteiger partial charge in [0.25, 0.3) is 0 Å². The number of hydrogen-bond donors (Lipinski definition) is 3. The molecule has 0 radical (unpaired) electrons. The quantitative estimate of drug-likeness (QED) is 0.701. The van der Waals surface area contributed by atoms with E-state index in [-0.39, 0.29) is 25.1 Å². The van der Waals surface area contributed by atoms with Gasteiger partial charge in [0.1, 0.15) is 5.82 Å². The predicted octanol–water partition coefficient (Wildman–Crippen LogP) is 3.26. The molecule has 0 aliphatic carbocycles. The molecule has 0 saturated carbocycles. The largest absolute Gasteiger partial charge is 0.395 e. The van der Waals surface area contributed by atoms with Crippen LogP contribution in [0.25, 0.3) is 6.08 Å². The topological polar surface area (TPSA) is 55.7 Å². The summed E-state index contributed by atoms with van der Waals surface area (Å²) in [7, 11) is 0. The standard InChI is InChI=1S/C18H19FN2O2S/c19-14-2-1-3-15(11-14)20-7-6-13-4-5-18-16(10-13)17(12-23)21(24-18)8-9-22/h1-7,10-11,17,20,22-23H,8-9,12H2. The molecule has 1 unspecified atom stereocenters. The second kappa shape index (κ2) is 7.81. The van der Waals surface area contributed by atoms with E-state index in [1.807, 2.05) is 28.6 Å². The van der Waals surface area contributed by atoms with Gasteiger partial charge in [-0.3, -0.25) is 0 Å². The van der Waals surface area contributed by atoms with Crippen LogP contribution < -0.4 is 5.32 Å². The first-order valence-electron chi connectivity index (χ1n) is 7.70. The molecule has 2 aromatic rings. The van der Waals surface area contributed by atoms with Gasteiger partial charge >= 0.3 is 0 Å². The van der Waals surface area contributed by atoms with Gasteiger partial charge in [-0.05, 0) is 59.5 Å². The van der Waals surface area contributed by atoms with Crippen LogP contribution in [-0.2, 0) is 0 Å². The first kappa shape index (κ1) is 17.0. The molecule has 0 amide bonds. The lowest BCUT2D eigenvalue weighted by Gasteiger charge is -2.20. The van der Waals surface area contributed by atoms with E-state index in [0.29, 0.717) is 12.2 Å². The summed E-state index contributed by atoms with van der Waals surface area (Å²) in [5.41, 5.74) is 2.73. The molecular formula is C18H19FN2O2S. The summed E-state index contributed by atoms with van der Waals surface area (Å²) in [5.74, 6) is -0.280. The second-order valence-electron chi connectivity index (χ2n) is 5.44. The molecule has 1 aliphatic rings. The van der Waals surface area contributed by atoms with Gasteiger partial charge in [0.15, 0.2) is 0 Å². The lowest BCUT2D eigenvalue weighted by Crippen LogP contribution is -2.23. The van der Waals surface area contributed by atoms with Gasteiger partial charge in [0.05, 0.1) is 19.3 Å². The van der Waals surface area contributed by atoms with Crippen molar-refractivity contribution in [2.24, 2.45) is 0 Å². The normalized spacial score (nSPS) is 17.4. The number of halogens is 1. The highest BCUT2D eigenvalue weighted by Crippen LogP contribution is 2.44. The SMILES string of the molecule is OCCN1Sc2ccc(C=CNc3cccc(F)c3)cc2C1CO. The average molecular weight is 346 g/mol. The Morgan fingerprint density at radius 3 is 2.83 bits per heavy atom. The number of aliphatic hydroxyl groups excluding tert-OH is 2.